The van der Waals surface area contributed by atoms with Crippen molar-refractivity contribution in [2.24, 2.45) is 0 Å². The second-order valence-corrected chi connectivity index (χ2v) is 8.04. The third kappa shape index (κ3) is 4.63. The Kier molecular flexibility index (Phi) is 6.20. The number of carbonyl (C=O) groups excluding carboxylic acids is 1. The normalized spacial score (nSPS) is 11.3. The van der Waals surface area contributed by atoms with Crippen LogP contribution in [-0.2, 0) is 10.0 Å². The Morgan fingerprint density at radius 1 is 1.15 bits per heavy atom. The first-order chi connectivity index (χ1) is 12.6. The fourth-order valence-electron chi connectivity index (χ4n) is 2.78. The van der Waals surface area contributed by atoms with Crippen molar-refractivity contribution in [2.45, 2.75) is 34.1 Å². The minimum Gasteiger partial charge on any atom is -0.451 e. The van der Waals surface area contributed by atoms with Crippen molar-refractivity contribution in [3.63, 3.8) is 0 Å². The van der Waals surface area contributed by atoms with E-state index >= 15 is 0 Å². The number of carbonyl (C=O) groups is 1. The van der Waals surface area contributed by atoms with Crippen LogP contribution < -0.4 is 9.46 Å². The van der Waals surface area contributed by atoms with Crippen LogP contribution in [0.4, 0.5) is 14.5 Å². The largest absolute Gasteiger partial charge is 0.451 e. The maximum atomic E-state index is 14.7. The van der Waals surface area contributed by atoms with Crippen molar-refractivity contribution in [1.82, 2.24) is 0 Å². The number of sulfonamides is 1. The van der Waals surface area contributed by atoms with Crippen LogP contribution in [0.3, 0.4) is 0 Å². The molecule has 0 atom stereocenters. The molecule has 0 bridgehead atoms. The molecule has 0 saturated heterocycles. The molecule has 0 aromatic heterocycles. The van der Waals surface area contributed by atoms with Crippen LogP contribution in [0.5, 0.6) is 11.5 Å². The van der Waals surface area contributed by atoms with Crippen molar-refractivity contribution in [2.75, 3.05) is 10.5 Å². The van der Waals surface area contributed by atoms with Crippen LogP contribution in [0, 0.1) is 25.5 Å². The number of hydrogen-bond donors (Lipinski definition) is 1. The van der Waals surface area contributed by atoms with Crippen LogP contribution >= 0.6 is 0 Å². The van der Waals surface area contributed by atoms with Gasteiger partial charge < -0.3 is 4.74 Å². The van der Waals surface area contributed by atoms with Gasteiger partial charge in [0.2, 0.25) is 15.8 Å². The molecule has 1 N–H and O–H groups in total. The van der Waals surface area contributed by atoms with Gasteiger partial charge in [0, 0.05) is 11.1 Å². The number of Topliss-reactive ketones (excluding diaryl/α,β-unsaturated/α-hetero) is 1. The van der Waals surface area contributed by atoms with Crippen LogP contribution in [-0.4, -0.2) is 20.0 Å². The number of aryl methyl sites for hydroxylation is 1. The Hall–Kier alpha value is -2.48. The van der Waals surface area contributed by atoms with Gasteiger partial charge in [-0.2, -0.15) is 0 Å². The maximum absolute atomic E-state index is 14.7. The summed E-state index contributed by atoms with van der Waals surface area (Å²) in [6.07, 6.45) is 0.345. The first-order valence-corrected chi connectivity index (χ1v) is 10.00. The molecule has 0 spiro atoms. The van der Waals surface area contributed by atoms with E-state index in [0.29, 0.717) is 17.5 Å². The number of halogens is 2. The van der Waals surface area contributed by atoms with E-state index < -0.39 is 33.1 Å². The molecule has 0 aliphatic rings. The summed E-state index contributed by atoms with van der Waals surface area (Å²) in [5, 5.41) is 0. The van der Waals surface area contributed by atoms with Gasteiger partial charge in [-0.25, -0.2) is 17.2 Å². The fourth-order valence-corrected chi connectivity index (χ4v) is 3.91. The Morgan fingerprint density at radius 2 is 1.81 bits per heavy atom. The molecule has 0 aliphatic heterocycles. The Labute approximate surface area is 157 Å². The first-order valence-electron chi connectivity index (χ1n) is 8.34. The standard InChI is InChI=1S/C19H21F2NO4S/c1-5-10-27(24,25)22-15-8-7-14(20)19(18(15)21)26-16-9-6-11(2)17(12(16)3)13(4)23/h6-9,22H,5,10H2,1-4H3. The van der Waals surface area contributed by atoms with Gasteiger partial charge in [0.15, 0.2) is 17.4 Å². The van der Waals surface area contributed by atoms with Crippen LogP contribution in [0.2, 0.25) is 0 Å². The van der Waals surface area contributed by atoms with Crippen molar-refractivity contribution < 1.29 is 26.7 Å². The second kappa shape index (κ2) is 8.04. The molecular weight excluding hydrogens is 376 g/mol. The van der Waals surface area contributed by atoms with Gasteiger partial charge in [0.05, 0.1) is 11.4 Å². The highest BCUT2D eigenvalue weighted by atomic mass is 32.2. The highest BCUT2D eigenvalue weighted by molar-refractivity contribution is 7.92. The molecule has 0 saturated carbocycles. The minimum absolute atomic E-state index is 0.108. The van der Waals surface area contributed by atoms with Gasteiger partial charge in [-0.1, -0.05) is 13.0 Å². The average Bonchev–Trinajstić information content (AvgIpc) is 2.55. The molecule has 0 radical (unpaired) electrons. The number of benzene rings is 2. The quantitative estimate of drug-likeness (QED) is 0.686. The summed E-state index contributed by atoms with van der Waals surface area (Å²) < 4.78 is 60.1. The molecule has 2 aromatic rings. The predicted molar refractivity (Wildman–Crippen MR) is 100 cm³/mol. The summed E-state index contributed by atoms with van der Waals surface area (Å²) in [6, 6.07) is 5.03. The molecule has 0 fully saturated rings. The molecule has 146 valence electrons. The number of ketones is 1. The van der Waals surface area contributed by atoms with E-state index in [9.17, 15) is 22.0 Å². The molecule has 0 aliphatic carbocycles. The lowest BCUT2D eigenvalue weighted by molar-refractivity contribution is 0.101. The monoisotopic (exact) mass is 397 g/mol. The van der Waals surface area contributed by atoms with Crippen LogP contribution in [0.25, 0.3) is 0 Å². The highest BCUT2D eigenvalue weighted by Gasteiger charge is 2.21. The van der Waals surface area contributed by atoms with Gasteiger partial charge >= 0.3 is 0 Å². The van der Waals surface area contributed by atoms with E-state index in [1.54, 1.807) is 26.8 Å². The number of hydrogen-bond acceptors (Lipinski definition) is 4. The van der Waals surface area contributed by atoms with Crippen LogP contribution in [0.1, 0.15) is 41.8 Å². The smallest absolute Gasteiger partial charge is 0.232 e. The van der Waals surface area contributed by atoms with Gasteiger partial charge in [-0.3, -0.25) is 9.52 Å². The maximum Gasteiger partial charge on any atom is 0.232 e. The van der Waals surface area contributed by atoms with Crippen molar-refractivity contribution >= 4 is 21.5 Å². The lowest BCUT2D eigenvalue weighted by Gasteiger charge is -2.16. The van der Waals surface area contributed by atoms with Gasteiger partial charge in [0.25, 0.3) is 0 Å². The molecule has 8 heteroatoms. The molecule has 0 amide bonds. The molecule has 2 aromatic carbocycles. The van der Waals surface area contributed by atoms with E-state index in [-0.39, 0.29) is 17.3 Å². The van der Waals surface area contributed by atoms with E-state index in [4.69, 9.17) is 4.74 Å². The fraction of sp³-hybridized carbons (Fsp3) is 0.316. The molecule has 0 unspecified atom stereocenters. The third-order valence-electron chi connectivity index (χ3n) is 3.98. The first kappa shape index (κ1) is 20.8. The Bertz CT molecular complexity index is 988. The summed E-state index contributed by atoms with van der Waals surface area (Å²) in [5.74, 6) is -3.18. The molecule has 2 rings (SSSR count). The zero-order chi connectivity index (χ0) is 20.4. The predicted octanol–water partition coefficient (Wildman–Crippen LogP) is 4.73. The molecule has 5 nitrogen and oxygen atoms in total. The summed E-state index contributed by atoms with van der Waals surface area (Å²) >= 11 is 0. The van der Waals surface area contributed by atoms with Crippen molar-refractivity contribution in [3.8, 4) is 11.5 Å². The summed E-state index contributed by atoms with van der Waals surface area (Å²) in [5.41, 5.74) is 1.16. The average molecular weight is 397 g/mol. The van der Waals surface area contributed by atoms with E-state index in [1.165, 1.54) is 13.0 Å². The summed E-state index contributed by atoms with van der Waals surface area (Å²) in [6.45, 7) is 6.42. The lowest BCUT2D eigenvalue weighted by Crippen LogP contribution is -2.17. The van der Waals surface area contributed by atoms with E-state index in [1.807, 2.05) is 0 Å². The number of anilines is 1. The van der Waals surface area contributed by atoms with E-state index in [2.05, 4.69) is 4.72 Å². The highest BCUT2D eigenvalue weighted by Crippen LogP contribution is 2.35. The zero-order valence-electron chi connectivity index (χ0n) is 15.5. The van der Waals surface area contributed by atoms with Gasteiger partial charge in [0.1, 0.15) is 5.75 Å². The number of nitrogens with one attached hydrogen (secondary N) is 1. The summed E-state index contributed by atoms with van der Waals surface area (Å²) in [4.78, 5) is 11.8. The Balaban J connectivity index is 2.48. The molecule has 0 heterocycles. The van der Waals surface area contributed by atoms with Gasteiger partial charge in [-0.15, -0.1) is 0 Å². The third-order valence-corrected chi connectivity index (χ3v) is 5.45. The van der Waals surface area contributed by atoms with Crippen molar-refractivity contribution in [1.29, 1.82) is 0 Å². The minimum atomic E-state index is -3.75. The topological polar surface area (TPSA) is 72.5 Å². The van der Waals surface area contributed by atoms with E-state index in [0.717, 1.165) is 17.7 Å². The van der Waals surface area contributed by atoms with Crippen LogP contribution in [0.15, 0.2) is 24.3 Å². The van der Waals surface area contributed by atoms with Gasteiger partial charge in [-0.05, 0) is 51.0 Å². The Morgan fingerprint density at radius 3 is 2.41 bits per heavy atom. The zero-order valence-corrected chi connectivity index (χ0v) is 16.3. The number of ether oxygens (including phenoxy) is 1. The second-order valence-electron chi connectivity index (χ2n) is 6.20. The lowest BCUT2D eigenvalue weighted by atomic mass is 9.99. The molecular formula is C19H21F2NO4S. The van der Waals surface area contributed by atoms with Crippen molar-refractivity contribution in [3.05, 3.63) is 52.6 Å². The SMILES string of the molecule is CCCS(=O)(=O)Nc1ccc(F)c(Oc2ccc(C)c(C(C)=O)c2C)c1F. The summed E-state index contributed by atoms with van der Waals surface area (Å²) in [7, 11) is -3.75. The molecule has 27 heavy (non-hydrogen) atoms. The number of rotatable bonds is 7.